The van der Waals surface area contributed by atoms with Crippen LogP contribution in [-0.2, 0) is 10.3 Å². The normalized spacial score (nSPS) is 27.7. The summed E-state index contributed by atoms with van der Waals surface area (Å²) < 4.78 is 0. The summed E-state index contributed by atoms with van der Waals surface area (Å²) in [5.41, 5.74) is 1.34. The quantitative estimate of drug-likeness (QED) is 0.706. The lowest BCUT2D eigenvalue weighted by Crippen LogP contribution is -2.61. The zero-order valence-electron chi connectivity index (χ0n) is 17.1. The number of likely N-dealkylation sites (N-methyl/N-ethyl adjacent to an activating group) is 1. The minimum atomic E-state index is -0.949. The van der Waals surface area contributed by atoms with E-state index in [1.807, 2.05) is 48.5 Å². The molecule has 1 fully saturated rings. The first-order chi connectivity index (χ1) is 14.6. The minimum Gasteiger partial charge on any atom is -0.313 e. The first-order valence-corrected chi connectivity index (χ1v) is 11.6. The van der Waals surface area contributed by atoms with Gasteiger partial charge in [-0.05, 0) is 37.3 Å². The predicted molar refractivity (Wildman–Crippen MR) is 119 cm³/mol. The van der Waals surface area contributed by atoms with E-state index in [0.717, 1.165) is 36.9 Å². The van der Waals surface area contributed by atoms with E-state index in [-0.39, 0.29) is 23.8 Å². The van der Waals surface area contributed by atoms with Crippen LogP contribution < -0.4 is 4.90 Å². The number of benzene rings is 1. The molecule has 1 aliphatic carbocycles. The highest BCUT2D eigenvalue weighted by Crippen LogP contribution is 2.54. The smallest absolute Gasteiger partial charge is 0.278 e. The Morgan fingerprint density at radius 2 is 1.90 bits per heavy atom. The molecular weight excluding hydrogens is 396 g/mol. The summed E-state index contributed by atoms with van der Waals surface area (Å²) in [5, 5.41) is 0.604. The molecule has 3 aliphatic rings. The molecule has 2 aromatic rings. The molecule has 1 aromatic carbocycles. The molecule has 1 saturated carbocycles. The van der Waals surface area contributed by atoms with E-state index in [0.29, 0.717) is 10.9 Å². The second-order valence-corrected chi connectivity index (χ2v) is 8.87. The van der Waals surface area contributed by atoms with Crippen molar-refractivity contribution in [3.63, 3.8) is 0 Å². The first-order valence-electron chi connectivity index (χ1n) is 10.4. The van der Waals surface area contributed by atoms with Crippen LogP contribution in [0.2, 0.25) is 0 Å². The highest BCUT2D eigenvalue weighted by Gasteiger charge is 2.61. The van der Waals surface area contributed by atoms with Crippen LogP contribution in [0.25, 0.3) is 0 Å². The predicted octanol–water partition coefficient (Wildman–Crippen LogP) is 3.69. The topological polar surface area (TPSA) is 65.9 Å². The average Bonchev–Trinajstić information content (AvgIpc) is 3.02. The van der Waals surface area contributed by atoms with Crippen molar-refractivity contribution in [3.8, 4) is 0 Å². The summed E-state index contributed by atoms with van der Waals surface area (Å²) in [6.45, 7) is 0. The van der Waals surface area contributed by atoms with Crippen molar-refractivity contribution in [1.82, 2.24) is 9.88 Å². The van der Waals surface area contributed by atoms with Gasteiger partial charge in [-0.1, -0.05) is 48.9 Å². The van der Waals surface area contributed by atoms with E-state index >= 15 is 0 Å². The van der Waals surface area contributed by atoms with Crippen molar-refractivity contribution in [2.75, 3.05) is 18.2 Å². The number of nitrogens with zero attached hydrogens (tertiary/aromatic N) is 4. The molecule has 6 nitrogen and oxygen atoms in total. The van der Waals surface area contributed by atoms with Gasteiger partial charge in [0.05, 0.1) is 0 Å². The summed E-state index contributed by atoms with van der Waals surface area (Å²) in [6.07, 6.45) is 7.37. The standard InChI is InChI=1S/C23H24N4O2S/c1-26-18-12-5-3-9-15(18)23(21(26)29)16-10-4-6-13-19(16)27(22(25-23)30-2)20(28)17-11-7-8-14-24-17/h3,5,7-9,11-12,14,16,19H,4,6,10,13H2,1-2H3/t16-,19-,23+/m0/s1. The summed E-state index contributed by atoms with van der Waals surface area (Å²) in [7, 11) is 1.83. The summed E-state index contributed by atoms with van der Waals surface area (Å²) in [5.74, 6) is -0.173. The van der Waals surface area contributed by atoms with Crippen LogP contribution >= 0.6 is 11.8 Å². The molecule has 154 valence electrons. The van der Waals surface area contributed by atoms with Crippen molar-refractivity contribution in [1.29, 1.82) is 0 Å². The molecule has 30 heavy (non-hydrogen) atoms. The van der Waals surface area contributed by atoms with Crippen LogP contribution in [-0.4, -0.2) is 46.2 Å². The molecule has 7 heteroatoms. The fourth-order valence-electron chi connectivity index (χ4n) is 5.37. The van der Waals surface area contributed by atoms with E-state index in [2.05, 4.69) is 4.98 Å². The second-order valence-electron chi connectivity index (χ2n) is 8.09. The van der Waals surface area contributed by atoms with Crippen LogP contribution in [0.15, 0.2) is 53.7 Å². The number of carbonyl (C=O) groups excluding carboxylic acids is 2. The Morgan fingerprint density at radius 1 is 1.13 bits per heavy atom. The van der Waals surface area contributed by atoms with E-state index in [1.54, 1.807) is 23.2 Å². The van der Waals surface area contributed by atoms with Gasteiger partial charge in [-0.2, -0.15) is 0 Å². The Bertz CT molecular complexity index is 1040. The molecule has 0 radical (unpaired) electrons. The molecule has 3 heterocycles. The maximum absolute atomic E-state index is 13.7. The van der Waals surface area contributed by atoms with Crippen LogP contribution in [0.5, 0.6) is 0 Å². The molecule has 0 unspecified atom stereocenters. The maximum atomic E-state index is 13.7. The number of amides is 2. The zero-order valence-corrected chi connectivity index (χ0v) is 17.9. The molecule has 3 atom stereocenters. The van der Waals surface area contributed by atoms with E-state index < -0.39 is 5.54 Å². The average molecular weight is 421 g/mol. The van der Waals surface area contributed by atoms with Gasteiger partial charge in [0.15, 0.2) is 10.7 Å². The van der Waals surface area contributed by atoms with Crippen molar-refractivity contribution in [2.45, 2.75) is 37.3 Å². The Balaban J connectivity index is 1.71. The Kier molecular flexibility index (Phi) is 4.65. The van der Waals surface area contributed by atoms with Gasteiger partial charge >= 0.3 is 0 Å². The lowest BCUT2D eigenvalue weighted by Gasteiger charge is -2.49. The van der Waals surface area contributed by atoms with E-state index in [4.69, 9.17) is 4.99 Å². The van der Waals surface area contributed by atoms with E-state index in [1.165, 1.54) is 11.8 Å². The third-order valence-corrected chi connectivity index (χ3v) is 7.32. The molecule has 0 saturated heterocycles. The largest absolute Gasteiger partial charge is 0.313 e. The van der Waals surface area contributed by atoms with Crippen LogP contribution in [0.1, 0.15) is 41.7 Å². The van der Waals surface area contributed by atoms with Crippen molar-refractivity contribution in [3.05, 3.63) is 59.9 Å². The van der Waals surface area contributed by atoms with Crippen LogP contribution in [0.4, 0.5) is 5.69 Å². The highest BCUT2D eigenvalue weighted by molar-refractivity contribution is 8.13. The number of rotatable bonds is 1. The van der Waals surface area contributed by atoms with Crippen LogP contribution in [0.3, 0.4) is 0 Å². The van der Waals surface area contributed by atoms with Gasteiger partial charge in [-0.15, -0.1) is 0 Å². The zero-order chi connectivity index (χ0) is 20.9. The number of pyridine rings is 1. The van der Waals surface area contributed by atoms with Gasteiger partial charge in [-0.25, -0.2) is 4.99 Å². The first kappa shape index (κ1) is 19.3. The van der Waals surface area contributed by atoms with Gasteiger partial charge in [0, 0.05) is 36.5 Å². The third kappa shape index (κ3) is 2.57. The fourth-order valence-corrected chi connectivity index (χ4v) is 6.02. The molecule has 2 amide bonds. The Hall–Kier alpha value is -2.67. The lowest BCUT2D eigenvalue weighted by atomic mass is 9.68. The van der Waals surface area contributed by atoms with Crippen molar-refractivity contribution in [2.24, 2.45) is 10.9 Å². The summed E-state index contributed by atoms with van der Waals surface area (Å²) in [6, 6.07) is 13.2. The van der Waals surface area contributed by atoms with Gasteiger partial charge in [-0.3, -0.25) is 19.5 Å². The SMILES string of the molecule is CSC1=N[C@@]2(C(=O)N(C)c3ccccc32)[C@H]2CCCC[C@@H]2N1C(=O)c1ccccn1. The number of para-hydroxylation sites is 1. The lowest BCUT2D eigenvalue weighted by molar-refractivity contribution is -0.126. The summed E-state index contributed by atoms with van der Waals surface area (Å²) >= 11 is 1.43. The number of thioether (sulfide) groups is 1. The number of hydrogen-bond donors (Lipinski definition) is 0. The molecule has 5 rings (SSSR count). The number of carbonyl (C=O) groups is 2. The minimum absolute atomic E-state index is 0.0112. The van der Waals surface area contributed by atoms with Gasteiger partial charge in [0.25, 0.3) is 11.8 Å². The highest BCUT2D eigenvalue weighted by atomic mass is 32.2. The third-order valence-electron chi connectivity index (χ3n) is 6.67. The molecule has 0 bridgehead atoms. The maximum Gasteiger partial charge on any atom is 0.278 e. The van der Waals surface area contributed by atoms with E-state index in [9.17, 15) is 9.59 Å². The molecule has 1 aromatic heterocycles. The monoisotopic (exact) mass is 420 g/mol. The Morgan fingerprint density at radius 3 is 2.67 bits per heavy atom. The molecule has 1 spiro atoms. The molecule has 2 aliphatic heterocycles. The van der Waals surface area contributed by atoms with Gasteiger partial charge < -0.3 is 4.90 Å². The van der Waals surface area contributed by atoms with Crippen molar-refractivity contribution >= 4 is 34.4 Å². The van der Waals surface area contributed by atoms with Gasteiger partial charge in [0.2, 0.25) is 0 Å². The number of hydrogen-bond acceptors (Lipinski definition) is 5. The Labute approximate surface area is 180 Å². The second kappa shape index (κ2) is 7.23. The number of anilines is 1. The van der Waals surface area contributed by atoms with Crippen LogP contribution in [0, 0.1) is 5.92 Å². The molecule has 0 N–H and O–H groups in total. The van der Waals surface area contributed by atoms with Gasteiger partial charge in [0.1, 0.15) is 5.69 Å². The molecular formula is C23H24N4O2S. The number of aromatic nitrogens is 1. The fraction of sp³-hybridized carbons (Fsp3) is 0.391. The number of aliphatic imine (C=N–C) groups is 1. The van der Waals surface area contributed by atoms with Crippen molar-refractivity contribution < 1.29 is 9.59 Å². The summed E-state index contributed by atoms with van der Waals surface area (Å²) in [4.78, 5) is 40.1. The number of fused-ring (bicyclic) bond motifs is 4. The number of amidine groups is 1.